The van der Waals surface area contributed by atoms with Gasteiger partial charge in [0, 0.05) is 29.6 Å². The first kappa shape index (κ1) is 15.4. The number of benzene rings is 1. The monoisotopic (exact) mass is 363 g/mol. The zero-order chi connectivity index (χ0) is 17.0. The average Bonchev–Trinajstić information content (AvgIpc) is 3.15. The normalized spacial score (nSPS) is 17.3. The van der Waals surface area contributed by atoms with Crippen molar-refractivity contribution in [3.05, 3.63) is 45.5 Å². The number of nitrogen functional groups attached to an aromatic ring is 1. The van der Waals surface area contributed by atoms with E-state index in [1.165, 1.54) is 6.20 Å². The number of aromatic amines is 2. The summed E-state index contributed by atoms with van der Waals surface area (Å²) in [6.07, 6.45) is 2.16. The van der Waals surface area contributed by atoms with Crippen molar-refractivity contribution in [2.45, 2.75) is 19.4 Å². The molecule has 24 heavy (non-hydrogen) atoms. The van der Waals surface area contributed by atoms with E-state index in [2.05, 4.69) is 15.0 Å². The van der Waals surface area contributed by atoms with E-state index in [0.29, 0.717) is 28.8 Å². The smallest absolute Gasteiger partial charge is 0.290 e. The number of carbonyl (C=O) groups is 1. The van der Waals surface area contributed by atoms with Crippen molar-refractivity contribution < 1.29 is 4.79 Å². The number of aromatic nitrogens is 3. The number of nitrogens with two attached hydrogens (primary N) is 1. The van der Waals surface area contributed by atoms with Crippen LogP contribution in [-0.4, -0.2) is 32.3 Å². The molecular formula is C16H15Cl2N5O. The lowest BCUT2D eigenvalue weighted by Gasteiger charge is -2.33. The largest absolute Gasteiger partial charge is 0.384 e. The molecule has 0 fully saturated rings. The molecule has 0 aliphatic carbocycles. The van der Waals surface area contributed by atoms with Crippen molar-refractivity contribution in [3.63, 3.8) is 0 Å². The van der Waals surface area contributed by atoms with Gasteiger partial charge in [-0.25, -0.2) is 4.98 Å². The Hall–Kier alpha value is -2.18. The Labute approximate surface area is 147 Å². The average molecular weight is 364 g/mol. The van der Waals surface area contributed by atoms with E-state index in [-0.39, 0.29) is 17.8 Å². The molecule has 0 bridgehead atoms. The van der Waals surface area contributed by atoms with E-state index in [1.807, 2.05) is 13.0 Å². The van der Waals surface area contributed by atoms with Crippen molar-refractivity contribution in [1.82, 2.24) is 19.9 Å². The maximum Gasteiger partial charge on any atom is 0.290 e. The quantitative estimate of drug-likeness (QED) is 0.617. The maximum absolute atomic E-state index is 12.7. The molecule has 1 atom stereocenters. The number of nitrogens with one attached hydrogen (secondary N) is 2. The molecule has 1 aromatic carbocycles. The van der Waals surface area contributed by atoms with Gasteiger partial charge in [-0.1, -0.05) is 29.3 Å². The summed E-state index contributed by atoms with van der Waals surface area (Å²) in [6.45, 7) is 2.59. The molecule has 0 unspecified atom stereocenters. The standard InChI is InChI=1S/C16H15Cl2N5O/c1-7-12-8-2-3-9(17)13(18)14(8)21-10(12)4-5-23(7)16(24)15-20-6-11(19)22-15/h2-3,6-7,21H,4-5,19H2,1H3,(H,20,22)/t7-/m0/s1. The molecule has 1 amide bonds. The number of hydrogen-bond donors (Lipinski definition) is 3. The lowest BCUT2D eigenvalue weighted by Crippen LogP contribution is -2.39. The van der Waals surface area contributed by atoms with E-state index in [9.17, 15) is 4.79 Å². The topological polar surface area (TPSA) is 90.8 Å². The second-order valence-corrected chi connectivity index (χ2v) is 6.70. The maximum atomic E-state index is 12.7. The Balaban J connectivity index is 1.78. The van der Waals surface area contributed by atoms with Crippen molar-refractivity contribution in [3.8, 4) is 0 Å². The fourth-order valence-electron chi connectivity index (χ4n) is 3.39. The third-order valence-electron chi connectivity index (χ3n) is 4.53. The number of imidazole rings is 1. The van der Waals surface area contributed by atoms with Gasteiger partial charge in [0.2, 0.25) is 0 Å². The molecule has 3 aromatic rings. The first-order chi connectivity index (χ1) is 11.5. The molecule has 2 aromatic heterocycles. The Morgan fingerprint density at radius 1 is 1.38 bits per heavy atom. The minimum Gasteiger partial charge on any atom is -0.384 e. The lowest BCUT2D eigenvalue weighted by atomic mass is 9.97. The predicted octanol–water partition coefficient (Wildman–Crippen LogP) is 3.54. The van der Waals surface area contributed by atoms with Crippen LogP contribution in [0.15, 0.2) is 18.3 Å². The van der Waals surface area contributed by atoms with Gasteiger partial charge < -0.3 is 20.6 Å². The molecule has 0 saturated carbocycles. The molecule has 1 aliphatic rings. The Kier molecular flexibility index (Phi) is 3.47. The van der Waals surface area contributed by atoms with Crippen molar-refractivity contribution in [2.24, 2.45) is 0 Å². The van der Waals surface area contributed by atoms with E-state index in [1.54, 1.807) is 11.0 Å². The summed E-state index contributed by atoms with van der Waals surface area (Å²) in [5.41, 5.74) is 8.60. The number of amides is 1. The zero-order valence-corrected chi connectivity index (χ0v) is 14.4. The predicted molar refractivity (Wildman–Crippen MR) is 94.5 cm³/mol. The summed E-state index contributed by atoms with van der Waals surface area (Å²) in [6, 6.07) is 3.61. The molecule has 4 rings (SSSR count). The van der Waals surface area contributed by atoms with Gasteiger partial charge in [0.25, 0.3) is 5.91 Å². The van der Waals surface area contributed by atoms with Crippen molar-refractivity contribution in [1.29, 1.82) is 0 Å². The number of carbonyl (C=O) groups excluding carboxylic acids is 1. The third kappa shape index (κ3) is 2.17. The van der Waals surface area contributed by atoms with Crippen LogP contribution in [-0.2, 0) is 6.42 Å². The molecule has 8 heteroatoms. The van der Waals surface area contributed by atoms with Crippen LogP contribution in [0, 0.1) is 0 Å². The highest BCUT2D eigenvalue weighted by Gasteiger charge is 2.32. The summed E-state index contributed by atoms with van der Waals surface area (Å²) in [7, 11) is 0. The number of hydrogen-bond acceptors (Lipinski definition) is 3. The van der Waals surface area contributed by atoms with Crippen LogP contribution in [0.5, 0.6) is 0 Å². The van der Waals surface area contributed by atoms with Gasteiger partial charge in [0.05, 0.1) is 27.8 Å². The molecule has 124 valence electrons. The second kappa shape index (κ2) is 5.43. The van der Waals surface area contributed by atoms with Gasteiger partial charge >= 0.3 is 0 Å². The number of fused-ring (bicyclic) bond motifs is 3. The Bertz CT molecular complexity index is 961. The number of rotatable bonds is 1. The molecular weight excluding hydrogens is 349 g/mol. The van der Waals surface area contributed by atoms with Gasteiger partial charge in [-0.15, -0.1) is 0 Å². The van der Waals surface area contributed by atoms with Gasteiger partial charge in [0.1, 0.15) is 5.82 Å². The van der Waals surface area contributed by atoms with Crippen LogP contribution in [0.2, 0.25) is 10.0 Å². The molecule has 0 spiro atoms. The van der Waals surface area contributed by atoms with Crippen molar-refractivity contribution in [2.75, 3.05) is 12.3 Å². The van der Waals surface area contributed by atoms with Crippen LogP contribution in [0.1, 0.15) is 34.8 Å². The van der Waals surface area contributed by atoms with Gasteiger partial charge in [-0.3, -0.25) is 4.79 Å². The van der Waals surface area contributed by atoms with Gasteiger partial charge in [0.15, 0.2) is 5.82 Å². The van der Waals surface area contributed by atoms with Crippen LogP contribution >= 0.6 is 23.2 Å². The molecule has 0 saturated heterocycles. The van der Waals surface area contributed by atoms with E-state index in [0.717, 1.165) is 22.2 Å². The van der Waals surface area contributed by atoms with E-state index in [4.69, 9.17) is 28.9 Å². The SMILES string of the molecule is C[C@H]1c2c([nH]c3c(Cl)c(Cl)ccc23)CCN1C(=O)c1ncc(N)[nH]1. The summed E-state index contributed by atoms with van der Waals surface area (Å²) >= 11 is 12.4. The first-order valence-electron chi connectivity index (χ1n) is 7.57. The second-order valence-electron chi connectivity index (χ2n) is 5.91. The molecule has 0 radical (unpaired) electrons. The van der Waals surface area contributed by atoms with E-state index < -0.39 is 0 Å². The minimum absolute atomic E-state index is 0.112. The van der Waals surface area contributed by atoms with Crippen LogP contribution in [0.3, 0.4) is 0 Å². The third-order valence-corrected chi connectivity index (χ3v) is 5.34. The summed E-state index contributed by atoms with van der Waals surface area (Å²) < 4.78 is 0. The van der Waals surface area contributed by atoms with E-state index >= 15 is 0 Å². The molecule has 6 nitrogen and oxygen atoms in total. The summed E-state index contributed by atoms with van der Waals surface area (Å²) in [5, 5.41) is 2.00. The lowest BCUT2D eigenvalue weighted by molar-refractivity contribution is 0.0667. The van der Waals surface area contributed by atoms with Gasteiger partial charge in [-0.05, 0) is 13.0 Å². The Morgan fingerprint density at radius 2 is 2.17 bits per heavy atom. The molecule has 3 heterocycles. The van der Waals surface area contributed by atoms with Crippen LogP contribution in [0.25, 0.3) is 10.9 Å². The Morgan fingerprint density at radius 3 is 2.88 bits per heavy atom. The van der Waals surface area contributed by atoms with Gasteiger partial charge in [-0.2, -0.15) is 0 Å². The number of anilines is 1. The highest BCUT2D eigenvalue weighted by atomic mass is 35.5. The fraction of sp³-hybridized carbons (Fsp3) is 0.250. The summed E-state index contributed by atoms with van der Waals surface area (Å²) in [5.74, 6) is 0.459. The highest BCUT2D eigenvalue weighted by Crippen LogP contribution is 2.40. The molecule has 1 aliphatic heterocycles. The summed E-state index contributed by atoms with van der Waals surface area (Å²) in [4.78, 5) is 24.7. The number of halogens is 2. The number of H-pyrrole nitrogens is 2. The highest BCUT2D eigenvalue weighted by molar-refractivity contribution is 6.45. The first-order valence-corrected chi connectivity index (χ1v) is 8.33. The fourth-order valence-corrected chi connectivity index (χ4v) is 3.76. The number of nitrogens with zero attached hydrogens (tertiary/aromatic N) is 2. The minimum atomic E-state index is -0.167. The zero-order valence-electron chi connectivity index (χ0n) is 12.9. The van der Waals surface area contributed by atoms with Crippen LogP contribution in [0.4, 0.5) is 5.82 Å². The van der Waals surface area contributed by atoms with Crippen molar-refractivity contribution >= 4 is 45.8 Å². The van der Waals surface area contributed by atoms with Crippen LogP contribution < -0.4 is 5.73 Å². The molecule has 4 N–H and O–H groups in total.